The first kappa shape index (κ1) is 50.1. The average molecular weight is 885 g/mol. The number of halogens is 2. The summed E-state index contributed by atoms with van der Waals surface area (Å²) in [5.41, 5.74) is -4.83. The van der Waals surface area contributed by atoms with E-state index in [0.29, 0.717) is 6.42 Å². The molecule has 0 amide bonds. The van der Waals surface area contributed by atoms with Crippen LogP contribution in [-0.2, 0) is 47.5 Å². The number of nitrogens with zero attached hydrogens (tertiary/aromatic N) is 2. The molecule has 4 fully saturated rings. The Morgan fingerprint density at radius 2 is 1.53 bits per heavy atom. The number of likely N-dealkylation sites (N-methyl/N-ethyl adjacent to an activating group) is 1. The van der Waals surface area contributed by atoms with Gasteiger partial charge in [-0.1, -0.05) is 33.8 Å². The Morgan fingerprint density at radius 1 is 0.903 bits per heavy atom. The molecule has 5 rings (SSSR count). The molecule has 0 aromatic heterocycles. The third-order valence-corrected chi connectivity index (χ3v) is 14.0. The molecule has 4 aliphatic rings. The summed E-state index contributed by atoms with van der Waals surface area (Å²) in [7, 11) is 4.69. The van der Waals surface area contributed by atoms with Crippen molar-refractivity contribution in [2.24, 2.45) is 28.7 Å². The SMILES string of the molecule is CC[C@H]1OC(=O)[C@H](C)[C@@H](O[C@H]2C[C@@](C)(OC)[C@@H](O)[C@H](C)O2)[C@H](C)[C@@H](O[C@@H]2O[C@H](C)C[C@H]3[C@H]2OC(=Nc2c(F)cccc2F)N3C)[C@](C)(OC)C[C@@H](C)C(=O)C[C@H](C)[C@@H](O)[C@]1(C)O. The van der Waals surface area contributed by atoms with Gasteiger partial charge in [0, 0.05) is 45.9 Å². The smallest absolute Gasteiger partial charge is 0.311 e. The van der Waals surface area contributed by atoms with Crippen LogP contribution in [0.4, 0.5) is 14.5 Å². The number of aliphatic imine (C=N–C) groups is 1. The molecule has 0 radical (unpaired) electrons. The molecule has 0 bridgehead atoms. The van der Waals surface area contributed by atoms with Crippen LogP contribution >= 0.6 is 0 Å². The zero-order valence-electron chi connectivity index (χ0n) is 38.5. The molecular weight excluding hydrogens is 814 g/mol. The van der Waals surface area contributed by atoms with E-state index in [-0.39, 0.29) is 37.5 Å². The fourth-order valence-corrected chi connectivity index (χ4v) is 9.82. The van der Waals surface area contributed by atoms with E-state index in [9.17, 15) is 33.7 Å². The number of amidine groups is 1. The van der Waals surface area contributed by atoms with Crippen molar-refractivity contribution in [2.75, 3.05) is 21.3 Å². The average Bonchev–Trinajstić information content (AvgIpc) is 3.53. The van der Waals surface area contributed by atoms with Gasteiger partial charge in [-0.05, 0) is 78.9 Å². The minimum atomic E-state index is -1.93. The lowest BCUT2D eigenvalue weighted by Gasteiger charge is -2.49. The fraction of sp³-hybridized carbons (Fsp3) is 0.800. The number of aliphatic hydroxyl groups excluding tert-OH is 2. The first-order valence-corrected chi connectivity index (χ1v) is 21.9. The van der Waals surface area contributed by atoms with Gasteiger partial charge < -0.3 is 58.1 Å². The highest BCUT2D eigenvalue weighted by molar-refractivity contribution is 5.81. The van der Waals surface area contributed by atoms with Crippen LogP contribution in [0, 0.1) is 35.3 Å². The molecule has 0 aliphatic carbocycles. The van der Waals surface area contributed by atoms with Crippen LogP contribution in [0.3, 0.4) is 0 Å². The van der Waals surface area contributed by atoms with Gasteiger partial charge in [-0.15, -0.1) is 0 Å². The number of rotatable bonds is 8. The quantitative estimate of drug-likeness (QED) is 0.290. The Bertz CT molecular complexity index is 1730. The highest BCUT2D eigenvalue weighted by Crippen LogP contribution is 2.43. The lowest BCUT2D eigenvalue weighted by atomic mass is 9.76. The zero-order chi connectivity index (χ0) is 46.2. The van der Waals surface area contributed by atoms with Crippen molar-refractivity contribution in [2.45, 2.75) is 186 Å². The molecule has 0 saturated carbocycles. The number of cyclic esters (lactones) is 1. The van der Waals surface area contributed by atoms with Crippen LogP contribution in [0.2, 0.25) is 0 Å². The predicted molar refractivity (Wildman–Crippen MR) is 222 cm³/mol. The fourth-order valence-electron chi connectivity index (χ4n) is 9.82. The van der Waals surface area contributed by atoms with Crippen LogP contribution in [0.5, 0.6) is 0 Å². The van der Waals surface area contributed by atoms with Crippen LogP contribution in [-0.4, -0.2) is 144 Å². The number of hydrogen-bond acceptors (Lipinski definition) is 14. The van der Waals surface area contributed by atoms with E-state index in [2.05, 4.69) is 4.99 Å². The first-order chi connectivity index (χ1) is 28.9. The topological polar surface area (TPSA) is 184 Å². The van der Waals surface area contributed by atoms with E-state index < -0.39 is 131 Å². The van der Waals surface area contributed by atoms with Crippen LogP contribution in [0.25, 0.3) is 0 Å². The molecule has 4 saturated heterocycles. The normalized spacial score (nSPS) is 44.6. The van der Waals surface area contributed by atoms with Crippen molar-refractivity contribution in [3.05, 3.63) is 29.8 Å². The lowest BCUT2D eigenvalue weighted by molar-refractivity contribution is -0.315. The molecule has 15 nitrogen and oxygen atoms in total. The zero-order valence-corrected chi connectivity index (χ0v) is 38.5. The molecule has 62 heavy (non-hydrogen) atoms. The maximum absolute atomic E-state index is 14.8. The minimum absolute atomic E-state index is 0.0404. The number of hydrogen-bond donors (Lipinski definition) is 3. The monoisotopic (exact) mass is 884 g/mol. The molecule has 4 heterocycles. The molecular formula is C45H70F2N2O13. The van der Waals surface area contributed by atoms with Crippen molar-refractivity contribution in [3.8, 4) is 0 Å². The largest absolute Gasteiger partial charge is 0.459 e. The van der Waals surface area contributed by atoms with Gasteiger partial charge in [-0.2, -0.15) is 4.99 Å². The highest BCUT2D eigenvalue weighted by Gasteiger charge is 2.55. The highest BCUT2D eigenvalue weighted by atomic mass is 19.1. The molecule has 1 aromatic carbocycles. The lowest BCUT2D eigenvalue weighted by Crippen LogP contribution is -2.60. The minimum Gasteiger partial charge on any atom is -0.459 e. The van der Waals surface area contributed by atoms with Crippen LogP contribution in [0.1, 0.15) is 101 Å². The van der Waals surface area contributed by atoms with Crippen molar-refractivity contribution < 1.29 is 71.6 Å². The number of Topliss-reactive ketones (excluding diaryl/α,β-unsaturated/α-hetero) is 1. The van der Waals surface area contributed by atoms with Gasteiger partial charge in [-0.3, -0.25) is 9.59 Å². The van der Waals surface area contributed by atoms with Gasteiger partial charge in [0.1, 0.15) is 29.3 Å². The number of para-hydroxylation sites is 1. The number of esters is 1. The van der Waals surface area contributed by atoms with Gasteiger partial charge in [0.05, 0.1) is 53.7 Å². The summed E-state index contributed by atoms with van der Waals surface area (Å²) in [6.45, 7) is 17.1. The predicted octanol–water partition coefficient (Wildman–Crippen LogP) is 5.20. The van der Waals surface area contributed by atoms with Gasteiger partial charge in [0.15, 0.2) is 30.3 Å². The Kier molecular flexibility index (Phi) is 15.9. The number of methoxy groups -OCH3 is 2. The van der Waals surface area contributed by atoms with Crippen LogP contribution < -0.4 is 0 Å². The molecule has 18 atom stereocenters. The molecule has 352 valence electrons. The van der Waals surface area contributed by atoms with E-state index >= 15 is 0 Å². The van der Waals surface area contributed by atoms with Gasteiger partial charge in [-0.25, -0.2) is 8.78 Å². The summed E-state index contributed by atoms with van der Waals surface area (Å²) in [6.07, 6.45) is -9.21. The number of benzene rings is 1. The summed E-state index contributed by atoms with van der Waals surface area (Å²) < 4.78 is 80.7. The summed E-state index contributed by atoms with van der Waals surface area (Å²) in [6, 6.07) is 3.01. The van der Waals surface area contributed by atoms with Gasteiger partial charge in [0.25, 0.3) is 6.02 Å². The maximum atomic E-state index is 14.8. The summed E-state index contributed by atoms with van der Waals surface area (Å²) in [5.74, 6) is -5.93. The number of carbonyl (C=O) groups is 2. The molecule has 0 spiro atoms. The third kappa shape index (κ3) is 10.2. The van der Waals surface area contributed by atoms with Crippen molar-refractivity contribution in [3.63, 3.8) is 0 Å². The second-order valence-corrected chi connectivity index (χ2v) is 18.8. The summed E-state index contributed by atoms with van der Waals surface area (Å²) in [4.78, 5) is 34.4. The number of ketones is 1. The number of fused-ring (bicyclic) bond motifs is 1. The van der Waals surface area contributed by atoms with E-state index in [0.717, 1.165) is 12.1 Å². The Balaban J connectivity index is 1.62. The van der Waals surface area contributed by atoms with Gasteiger partial charge >= 0.3 is 5.97 Å². The van der Waals surface area contributed by atoms with E-state index in [1.807, 2.05) is 13.8 Å². The number of aliphatic hydroxyl groups is 3. The standard InChI is InChI=1S/C45H70F2N2O13/c1-14-32-45(10,54)37(51)22(2)18-31(50)23(3)20-44(9,56-13)39(25(5)35(26(6)40(53)59-32)60-33-21-43(8,55-12)38(52)27(7)58-33)62-41-36-30(19-24(4)57-41)49(11)42(61-36)48-34-28(46)16-15-17-29(34)47/h15-17,22-27,30,32-33,35-39,41,51-52,54H,14,18-21H2,1-13H3/t22-,23+,24+,25-,26+,27-,30-,32+,33-,35-,36+,37+,38-,39+,41-,43+,44+,45+/m0/s1. The van der Waals surface area contributed by atoms with E-state index in [4.69, 9.17) is 37.9 Å². The Labute approximate surface area is 364 Å². The van der Waals surface area contributed by atoms with Crippen molar-refractivity contribution >= 4 is 23.5 Å². The van der Waals surface area contributed by atoms with Gasteiger partial charge in [0.2, 0.25) is 0 Å². The Hall–Kier alpha value is -2.87. The first-order valence-electron chi connectivity index (χ1n) is 21.9. The molecule has 3 N–H and O–H groups in total. The Morgan fingerprint density at radius 3 is 2.13 bits per heavy atom. The summed E-state index contributed by atoms with van der Waals surface area (Å²) in [5, 5.41) is 34.3. The molecule has 1 aromatic rings. The van der Waals surface area contributed by atoms with Crippen molar-refractivity contribution in [1.82, 2.24) is 4.90 Å². The molecule has 0 unspecified atom stereocenters. The molecule has 4 aliphatic heterocycles. The van der Waals surface area contributed by atoms with E-state index in [1.165, 1.54) is 27.2 Å². The number of ether oxygens (including phenoxy) is 8. The third-order valence-electron chi connectivity index (χ3n) is 14.0. The second-order valence-electron chi connectivity index (χ2n) is 18.8. The number of carbonyl (C=O) groups excluding carboxylic acids is 2. The maximum Gasteiger partial charge on any atom is 0.311 e. The second kappa shape index (κ2) is 19.7. The van der Waals surface area contributed by atoms with E-state index in [1.54, 1.807) is 60.4 Å². The van der Waals surface area contributed by atoms with Crippen LogP contribution in [0.15, 0.2) is 23.2 Å². The summed E-state index contributed by atoms with van der Waals surface area (Å²) >= 11 is 0. The van der Waals surface area contributed by atoms with Crippen molar-refractivity contribution in [1.29, 1.82) is 0 Å². The molecule has 17 heteroatoms.